The first-order chi connectivity index (χ1) is 15.7. The van der Waals surface area contributed by atoms with Gasteiger partial charge in [0.2, 0.25) is 0 Å². The van der Waals surface area contributed by atoms with Gasteiger partial charge in [0, 0.05) is 36.0 Å². The Balaban J connectivity index is 1.41. The molecule has 2 aromatic heterocycles. The molecule has 0 aliphatic rings. The Hall–Kier alpha value is -4.46. The van der Waals surface area contributed by atoms with Crippen LogP contribution < -0.4 is 15.4 Å². The minimum atomic E-state index is -0.312. The summed E-state index contributed by atoms with van der Waals surface area (Å²) in [5, 5.41) is 5.66. The van der Waals surface area contributed by atoms with Crippen LogP contribution in [0, 0.1) is 0 Å². The minimum absolute atomic E-state index is 0.299. The first-order valence-electron chi connectivity index (χ1n) is 9.99. The van der Waals surface area contributed by atoms with E-state index in [1.807, 2.05) is 22.9 Å². The van der Waals surface area contributed by atoms with E-state index in [1.165, 1.54) is 6.20 Å². The highest BCUT2D eigenvalue weighted by molar-refractivity contribution is 6.07. The number of rotatable bonds is 8. The van der Waals surface area contributed by atoms with Gasteiger partial charge in [0.05, 0.1) is 24.1 Å². The minimum Gasteiger partial charge on any atom is -0.490 e. The highest BCUT2D eigenvalue weighted by atomic mass is 16.5. The summed E-state index contributed by atoms with van der Waals surface area (Å²) in [6.07, 6.45) is 8.37. The van der Waals surface area contributed by atoms with Crippen molar-refractivity contribution < 1.29 is 14.3 Å². The van der Waals surface area contributed by atoms with Gasteiger partial charge in [0.15, 0.2) is 0 Å². The summed E-state index contributed by atoms with van der Waals surface area (Å²) in [5.74, 6) is -0.0394. The number of carbonyl (C=O) groups excluding carboxylic acids is 2. The molecule has 2 amide bonds. The summed E-state index contributed by atoms with van der Waals surface area (Å²) >= 11 is 0. The topological polar surface area (TPSA) is 98.1 Å². The number of carbonyl (C=O) groups is 2. The number of nitrogens with one attached hydrogen (secondary N) is 2. The van der Waals surface area contributed by atoms with Crippen LogP contribution in [0.15, 0.2) is 91.8 Å². The van der Waals surface area contributed by atoms with E-state index in [0.717, 1.165) is 0 Å². The molecule has 0 radical (unpaired) electrons. The molecule has 160 valence electrons. The van der Waals surface area contributed by atoms with E-state index >= 15 is 0 Å². The van der Waals surface area contributed by atoms with Crippen molar-refractivity contribution in [2.45, 2.75) is 6.54 Å². The zero-order chi connectivity index (χ0) is 22.2. The second kappa shape index (κ2) is 10.0. The third-order valence-corrected chi connectivity index (χ3v) is 4.61. The molecule has 0 saturated heterocycles. The van der Waals surface area contributed by atoms with E-state index in [9.17, 15) is 9.59 Å². The number of benzene rings is 2. The first-order valence-corrected chi connectivity index (χ1v) is 9.99. The van der Waals surface area contributed by atoms with Crippen LogP contribution in [0.5, 0.6) is 5.75 Å². The maximum absolute atomic E-state index is 12.8. The monoisotopic (exact) mass is 427 g/mol. The lowest BCUT2D eigenvalue weighted by atomic mass is 10.1. The van der Waals surface area contributed by atoms with Crippen LogP contribution in [0.1, 0.15) is 20.7 Å². The fourth-order valence-electron chi connectivity index (χ4n) is 3.01. The fraction of sp³-hybridized carbons (Fsp3) is 0.0833. The predicted octanol–water partition coefficient (Wildman–Crippen LogP) is 3.86. The Labute approximate surface area is 184 Å². The zero-order valence-corrected chi connectivity index (χ0v) is 17.1. The van der Waals surface area contributed by atoms with Crippen molar-refractivity contribution in [3.8, 4) is 5.75 Å². The van der Waals surface area contributed by atoms with Gasteiger partial charge in [-0.25, -0.2) is 4.98 Å². The largest absolute Gasteiger partial charge is 0.490 e. The van der Waals surface area contributed by atoms with Gasteiger partial charge >= 0.3 is 0 Å². The number of imidazole rings is 1. The molecule has 8 nitrogen and oxygen atoms in total. The molecule has 0 unspecified atom stereocenters. The first kappa shape index (κ1) is 20.8. The molecule has 8 heteroatoms. The number of aromatic nitrogens is 3. The molecule has 4 aromatic rings. The lowest BCUT2D eigenvalue weighted by Crippen LogP contribution is -2.15. The van der Waals surface area contributed by atoms with E-state index < -0.39 is 0 Å². The van der Waals surface area contributed by atoms with Gasteiger partial charge in [-0.1, -0.05) is 18.2 Å². The van der Waals surface area contributed by atoms with Crippen molar-refractivity contribution in [2.75, 3.05) is 17.2 Å². The van der Waals surface area contributed by atoms with Crippen molar-refractivity contribution in [1.29, 1.82) is 0 Å². The summed E-state index contributed by atoms with van der Waals surface area (Å²) < 4.78 is 7.76. The Kier molecular flexibility index (Phi) is 6.52. The lowest BCUT2D eigenvalue weighted by molar-refractivity contribution is 0.101. The standard InChI is InChI=1S/C24H21N5O3/c30-23(18-5-3-7-20(15-18)27-24(31)19-6-4-10-25-16-19)28-21-8-1-2-9-22(21)32-14-13-29-12-11-26-17-29/h1-12,15-17H,13-14H2,(H,27,31)(H,28,30). The molecule has 32 heavy (non-hydrogen) atoms. The highest BCUT2D eigenvalue weighted by Crippen LogP contribution is 2.25. The second-order valence-electron chi connectivity index (χ2n) is 6.88. The number of hydrogen-bond acceptors (Lipinski definition) is 5. The molecular formula is C24H21N5O3. The molecule has 0 spiro atoms. The van der Waals surface area contributed by atoms with Gasteiger partial charge in [-0.15, -0.1) is 0 Å². The van der Waals surface area contributed by atoms with Crippen LogP contribution >= 0.6 is 0 Å². The summed E-state index contributed by atoms with van der Waals surface area (Å²) in [4.78, 5) is 33.1. The van der Waals surface area contributed by atoms with Crippen LogP contribution in [0.25, 0.3) is 0 Å². The number of anilines is 2. The van der Waals surface area contributed by atoms with Crippen molar-refractivity contribution in [3.05, 3.63) is 103 Å². The van der Waals surface area contributed by atoms with Gasteiger partial charge in [-0.3, -0.25) is 14.6 Å². The molecule has 0 atom stereocenters. The lowest BCUT2D eigenvalue weighted by Gasteiger charge is -2.13. The van der Waals surface area contributed by atoms with Crippen LogP contribution in [0.3, 0.4) is 0 Å². The average molecular weight is 427 g/mol. The SMILES string of the molecule is O=C(Nc1cccc(C(=O)Nc2ccccc2OCCn2ccnc2)c1)c1cccnc1. The van der Waals surface area contributed by atoms with E-state index in [-0.39, 0.29) is 11.8 Å². The van der Waals surface area contributed by atoms with Gasteiger partial charge < -0.3 is 19.9 Å². The Bertz CT molecular complexity index is 1190. The molecule has 2 aromatic carbocycles. The van der Waals surface area contributed by atoms with Crippen molar-refractivity contribution >= 4 is 23.2 Å². The Morgan fingerprint density at radius 1 is 0.875 bits per heavy atom. The molecule has 2 heterocycles. The van der Waals surface area contributed by atoms with Gasteiger partial charge in [-0.05, 0) is 42.5 Å². The van der Waals surface area contributed by atoms with Crippen molar-refractivity contribution in [2.24, 2.45) is 0 Å². The summed E-state index contributed by atoms with van der Waals surface area (Å²) in [5.41, 5.74) is 1.91. The number of pyridine rings is 1. The molecule has 4 rings (SSSR count). The van der Waals surface area contributed by atoms with Gasteiger partial charge in [0.1, 0.15) is 12.4 Å². The van der Waals surface area contributed by atoms with Crippen molar-refractivity contribution in [3.63, 3.8) is 0 Å². The van der Waals surface area contributed by atoms with E-state index in [1.54, 1.807) is 67.3 Å². The van der Waals surface area contributed by atoms with E-state index in [2.05, 4.69) is 20.6 Å². The Morgan fingerprint density at radius 2 is 1.72 bits per heavy atom. The molecule has 0 fully saturated rings. The van der Waals surface area contributed by atoms with Crippen LogP contribution in [-0.4, -0.2) is 33.0 Å². The predicted molar refractivity (Wildman–Crippen MR) is 121 cm³/mol. The quantitative estimate of drug-likeness (QED) is 0.445. The summed E-state index contributed by atoms with van der Waals surface area (Å²) in [7, 11) is 0. The summed E-state index contributed by atoms with van der Waals surface area (Å²) in [6, 6.07) is 17.3. The number of nitrogens with zero attached hydrogens (tertiary/aromatic N) is 3. The maximum Gasteiger partial charge on any atom is 0.257 e. The fourth-order valence-corrected chi connectivity index (χ4v) is 3.01. The van der Waals surface area contributed by atoms with Crippen LogP contribution in [0.4, 0.5) is 11.4 Å². The molecular weight excluding hydrogens is 406 g/mol. The third kappa shape index (κ3) is 5.37. The molecule has 0 saturated carbocycles. The van der Waals surface area contributed by atoms with E-state index in [0.29, 0.717) is 41.4 Å². The number of hydrogen-bond donors (Lipinski definition) is 2. The Morgan fingerprint density at radius 3 is 2.53 bits per heavy atom. The molecule has 2 N–H and O–H groups in total. The van der Waals surface area contributed by atoms with Gasteiger partial charge in [0.25, 0.3) is 11.8 Å². The molecule has 0 aliphatic heterocycles. The second-order valence-corrected chi connectivity index (χ2v) is 6.88. The van der Waals surface area contributed by atoms with E-state index in [4.69, 9.17) is 4.74 Å². The highest BCUT2D eigenvalue weighted by Gasteiger charge is 2.12. The average Bonchev–Trinajstić information content (AvgIpc) is 3.34. The molecule has 0 aliphatic carbocycles. The van der Waals surface area contributed by atoms with Crippen LogP contribution in [0.2, 0.25) is 0 Å². The number of ether oxygens (including phenoxy) is 1. The zero-order valence-electron chi connectivity index (χ0n) is 17.1. The summed E-state index contributed by atoms with van der Waals surface area (Å²) in [6.45, 7) is 1.07. The van der Waals surface area contributed by atoms with Crippen LogP contribution in [-0.2, 0) is 6.54 Å². The smallest absolute Gasteiger partial charge is 0.257 e. The number of amides is 2. The third-order valence-electron chi connectivity index (χ3n) is 4.61. The normalized spacial score (nSPS) is 10.4. The van der Waals surface area contributed by atoms with Crippen molar-refractivity contribution in [1.82, 2.24) is 14.5 Å². The van der Waals surface area contributed by atoms with Gasteiger partial charge in [-0.2, -0.15) is 0 Å². The number of para-hydroxylation sites is 2. The molecule has 0 bridgehead atoms. The maximum atomic E-state index is 12.8.